The minimum atomic E-state index is -2.17. The second-order valence-corrected chi connectivity index (χ2v) is 28.9. The lowest BCUT2D eigenvalue weighted by Gasteiger charge is -2.50. The molecular weight excluding hydrogens is 529 g/mol. The minimum Gasteiger partial charge on any atom is -0.414 e. The van der Waals surface area contributed by atoms with Crippen molar-refractivity contribution in [2.45, 2.75) is 155 Å². The molecule has 0 aromatic carbocycles. The van der Waals surface area contributed by atoms with E-state index >= 15 is 0 Å². The highest BCUT2D eigenvalue weighted by Gasteiger charge is 2.59. The van der Waals surface area contributed by atoms with Gasteiger partial charge in [-0.3, -0.25) is 4.79 Å². The second-order valence-electron chi connectivity index (χ2n) is 14.6. The first-order chi connectivity index (χ1) is 17.3. The van der Waals surface area contributed by atoms with Crippen molar-refractivity contribution in [1.82, 2.24) is 0 Å². The third-order valence-electron chi connectivity index (χ3n) is 10.3. The van der Waals surface area contributed by atoms with Crippen LogP contribution >= 0.6 is 0 Å². The summed E-state index contributed by atoms with van der Waals surface area (Å²) in [6, 6.07) is 3.02. The van der Waals surface area contributed by atoms with E-state index in [0.29, 0.717) is 19.6 Å². The highest BCUT2D eigenvalue weighted by Crippen LogP contribution is 2.49. The number of hydrogen-bond acceptors (Lipinski definition) is 6. The van der Waals surface area contributed by atoms with E-state index in [9.17, 15) is 4.79 Å². The lowest BCUT2D eigenvalue weighted by molar-refractivity contribution is -0.272. The molecule has 1 heterocycles. The lowest BCUT2D eigenvalue weighted by Crippen LogP contribution is -2.60. The number of fused-ring (bicyclic) bond motifs is 1. The van der Waals surface area contributed by atoms with Crippen LogP contribution in [0.5, 0.6) is 0 Å². The van der Waals surface area contributed by atoms with Gasteiger partial charge in [0.05, 0.1) is 12.7 Å². The number of rotatable bonds is 12. The third kappa shape index (κ3) is 7.30. The predicted molar refractivity (Wildman–Crippen MR) is 164 cm³/mol. The smallest absolute Gasteiger partial charge is 0.193 e. The molecular formula is C29H60O6Si3. The summed E-state index contributed by atoms with van der Waals surface area (Å²) in [5, 5.41) is 0.132. The van der Waals surface area contributed by atoms with Crippen LogP contribution in [0.15, 0.2) is 0 Å². The zero-order chi connectivity index (χ0) is 29.3. The van der Waals surface area contributed by atoms with Gasteiger partial charge in [0.1, 0.15) is 12.2 Å². The van der Waals surface area contributed by atoms with Crippen LogP contribution in [0, 0.1) is 11.8 Å². The molecule has 1 aliphatic carbocycles. The van der Waals surface area contributed by atoms with E-state index in [2.05, 4.69) is 88.5 Å². The summed E-state index contributed by atoms with van der Waals surface area (Å²) in [6.45, 7) is 32.3. The quantitative estimate of drug-likeness (QED) is 0.217. The molecule has 0 spiro atoms. The molecule has 0 aromatic rings. The highest BCUT2D eigenvalue weighted by atomic mass is 28.4. The summed E-state index contributed by atoms with van der Waals surface area (Å²) in [5.74, 6) is 0.0328. The van der Waals surface area contributed by atoms with Gasteiger partial charge in [-0.15, -0.1) is 0 Å². The van der Waals surface area contributed by atoms with Crippen molar-refractivity contribution in [3.8, 4) is 0 Å². The van der Waals surface area contributed by atoms with Crippen LogP contribution in [0.1, 0.15) is 75.7 Å². The van der Waals surface area contributed by atoms with Crippen molar-refractivity contribution in [1.29, 1.82) is 0 Å². The average Bonchev–Trinajstić information content (AvgIpc) is 3.12. The van der Waals surface area contributed by atoms with Gasteiger partial charge >= 0.3 is 0 Å². The Labute approximate surface area is 237 Å². The number of ether oxygens (including phenoxy) is 2. The molecule has 1 saturated carbocycles. The summed E-state index contributed by atoms with van der Waals surface area (Å²) in [5.41, 5.74) is 0. The summed E-state index contributed by atoms with van der Waals surface area (Å²) in [7, 11) is -6.19. The molecule has 2 rings (SSSR count). The molecule has 224 valence electrons. The van der Waals surface area contributed by atoms with Crippen molar-refractivity contribution in [3.05, 3.63) is 0 Å². The molecule has 6 atom stereocenters. The number of Topliss-reactive ketones (excluding diaryl/α,β-unsaturated/α-hetero) is 1. The summed E-state index contributed by atoms with van der Waals surface area (Å²) >= 11 is 0. The molecule has 1 aliphatic heterocycles. The van der Waals surface area contributed by atoms with Crippen molar-refractivity contribution in [2.24, 2.45) is 11.8 Å². The normalized spacial score (nSPS) is 29.6. The molecule has 9 heteroatoms. The van der Waals surface area contributed by atoms with Gasteiger partial charge in [-0.2, -0.15) is 0 Å². The Morgan fingerprint density at radius 2 is 1.37 bits per heavy atom. The molecule has 0 aromatic heterocycles. The average molecular weight is 589 g/mol. The predicted octanol–water partition coefficient (Wildman–Crippen LogP) is 7.76. The SMILES string of the molecule is CCO[C@H]1O[C@H](CO[Si](C)(C)C(C)(C)C)[C@H](O[Si](C)(C)C(C)(C)C)[C@@H]2CC(=O)[C@@H](O[Si](CC)(CC)CC)[C@H]12. The van der Waals surface area contributed by atoms with Gasteiger partial charge in [-0.1, -0.05) is 62.3 Å². The van der Waals surface area contributed by atoms with E-state index in [-0.39, 0.29) is 39.9 Å². The standard InChI is InChI=1S/C29H60O6Si3/c1-15-31-27-24-21(19-22(30)26(24)35-38(16-2,17-3)18-4)25(34-37(13,14)29(8,9)10)23(33-27)20-32-36(11,12)28(5,6)7/h21,23-27H,15-20H2,1-14H3/t21-,23-,24-,25-,26-,27+/m1/s1. The Morgan fingerprint density at radius 3 is 1.82 bits per heavy atom. The van der Waals surface area contributed by atoms with Gasteiger partial charge in [0.25, 0.3) is 0 Å². The molecule has 0 unspecified atom stereocenters. The maximum absolute atomic E-state index is 13.7. The monoisotopic (exact) mass is 588 g/mol. The zero-order valence-electron chi connectivity index (χ0n) is 27.2. The van der Waals surface area contributed by atoms with Crippen molar-refractivity contribution < 1.29 is 27.5 Å². The zero-order valence-corrected chi connectivity index (χ0v) is 30.2. The maximum atomic E-state index is 13.7. The molecule has 0 bridgehead atoms. The summed E-state index contributed by atoms with van der Waals surface area (Å²) in [6.07, 6.45) is -1.02. The first-order valence-electron chi connectivity index (χ1n) is 15.1. The maximum Gasteiger partial charge on any atom is 0.193 e. The van der Waals surface area contributed by atoms with Crippen LogP contribution in [-0.2, 0) is 27.5 Å². The van der Waals surface area contributed by atoms with Crippen LogP contribution < -0.4 is 0 Å². The van der Waals surface area contributed by atoms with Gasteiger partial charge < -0.3 is 22.8 Å². The number of carbonyl (C=O) groups excluding carboxylic acids is 1. The second kappa shape index (κ2) is 12.6. The van der Waals surface area contributed by atoms with Crippen molar-refractivity contribution in [3.63, 3.8) is 0 Å². The lowest BCUT2D eigenvalue weighted by atomic mass is 9.84. The van der Waals surface area contributed by atoms with Crippen LogP contribution in [0.2, 0.25) is 54.4 Å². The Morgan fingerprint density at radius 1 is 0.842 bits per heavy atom. The Balaban J connectivity index is 2.51. The van der Waals surface area contributed by atoms with Crippen LogP contribution in [0.25, 0.3) is 0 Å². The van der Waals surface area contributed by atoms with E-state index in [1.54, 1.807) is 0 Å². The Hall–Kier alpha value is 0.121. The third-order valence-corrected chi connectivity index (χ3v) is 23.9. The Bertz CT molecular complexity index is 776. The van der Waals surface area contributed by atoms with E-state index < -0.39 is 37.3 Å². The largest absolute Gasteiger partial charge is 0.414 e. The van der Waals surface area contributed by atoms with Crippen LogP contribution in [-0.4, -0.2) is 68.6 Å². The van der Waals surface area contributed by atoms with E-state index in [0.717, 1.165) is 18.1 Å². The Kier molecular flexibility index (Phi) is 11.3. The van der Waals surface area contributed by atoms with Crippen molar-refractivity contribution in [2.75, 3.05) is 13.2 Å². The molecule has 38 heavy (non-hydrogen) atoms. The number of carbonyl (C=O) groups is 1. The van der Waals surface area contributed by atoms with Gasteiger partial charge in [0.15, 0.2) is 37.0 Å². The highest BCUT2D eigenvalue weighted by molar-refractivity contribution is 6.74. The fourth-order valence-corrected chi connectivity index (χ4v) is 10.5. The van der Waals surface area contributed by atoms with Gasteiger partial charge in [0, 0.05) is 24.9 Å². The summed E-state index contributed by atoms with van der Waals surface area (Å²) < 4.78 is 33.8. The molecule has 0 amide bonds. The van der Waals surface area contributed by atoms with Gasteiger partial charge in [-0.25, -0.2) is 0 Å². The molecule has 2 aliphatic rings. The van der Waals surface area contributed by atoms with E-state index in [1.807, 2.05) is 6.92 Å². The molecule has 2 fully saturated rings. The van der Waals surface area contributed by atoms with Gasteiger partial charge in [0.2, 0.25) is 0 Å². The van der Waals surface area contributed by atoms with Gasteiger partial charge in [-0.05, 0) is 61.3 Å². The first kappa shape index (κ1) is 34.3. The topological polar surface area (TPSA) is 63.2 Å². The van der Waals surface area contributed by atoms with Crippen LogP contribution in [0.4, 0.5) is 0 Å². The molecule has 6 nitrogen and oxygen atoms in total. The fraction of sp³-hybridized carbons (Fsp3) is 0.966. The fourth-order valence-electron chi connectivity index (χ4n) is 5.27. The van der Waals surface area contributed by atoms with Crippen molar-refractivity contribution >= 4 is 30.7 Å². The summed E-state index contributed by atoms with van der Waals surface area (Å²) in [4.78, 5) is 13.7. The van der Waals surface area contributed by atoms with E-state index in [4.69, 9.17) is 22.8 Å². The first-order valence-corrected chi connectivity index (χ1v) is 23.4. The van der Waals surface area contributed by atoms with E-state index in [1.165, 1.54) is 0 Å². The molecule has 1 saturated heterocycles. The number of ketones is 1. The molecule has 0 radical (unpaired) electrons. The van der Waals surface area contributed by atoms with Crippen LogP contribution in [0.3, 0.4) is 0 Å². The molecule has 0 N–H and O–H groups in total. The number of hydrogen-bond donors (Lipinski definition) is 0. The minimum absolute atomic E-state index is 0.00258.